The van der Waals surface area contributed by atoms with E-state index in [1.807, 2.05) is 0 Å². The lowest BCUT2D eigenvalue weighted by atomic mass is 10.2. The largest absolute Gasteiger partial charge is 0.496 e. The van der Waals surface area contributed by atoms with Crippen molar-refractivity contribution in [1.82, 2.24) is 9.78 Å². The summed E-state index contributed by atoms with van der Waals surface area (Å²) in [6, 6.07) is 5.71. The number of hydrogen-bond donors (Lipinski definition) is 1. The van der Waals surface area contributed by atoms with Gasteiger partial charge in [-0.15, -0.1) is 0 Å². The maximum atomic E-state index is 12.9. The van der Waals surface area contributed by atoms with E-state index in [0.29, 0.717) is 22.0 Å². The van der Waals surface area contributed by atoms with Gasteiger partial charge in [-0.2, -0.15) is 18.3 Å². The number of nitrogens with two attached hydrogens (primary N) is 1. The van der Waals surface area contributed by atoms with Crippen LogP contribution >= 0.6 is 11.6 Å². The molecule has 2 aromatic rings. The third-order valence-electron chi connectivity index (χ3n) is 4.31. The van der Waals surface area contributed by atoms with E-state index in [1.54, 1.807) is 12.1 Å². The minimum absolute atomic E-state index is 0.0404. The van der Waals surface area contributed by atoms with Crippen molar-refractivity contribution in [3.05, 3.63) is 46.2 Å². The van der Waals surface area contributed by atoms with Crippen molar-refractivity contribution in [2.45, 2.75) is 37.9 Å². The van der Waals surface area contributed by atoms with Gasteiger partial charge in [0.2, 0.25) is 0 Å². The molecule has 0 unspecified atom stereocenters. The molecular formula is C18H18ClF3N4O3. The van der Waals surface area contributed by atoms with Gasteiger partial charge < -0.3 is 15.3 Å². The summed E-state index contributed by atoms with van der Waals surface area (Å²) in [4.78, 5) is 16.7. The molecule has 156 valence electrons. The second kappa shape index (κ2) is 8.32. The normalized spacial score (nSPS) is 14.7. The number of methoxy groups -OCH3 is 1. The van der Waals surface area contributed by atoms with E-state index in [-0.39, 0.29) is 24.7 Å². The van der Waals surface area contributed by atoms with Crippen LogP contribution in [0.2, 0.25) is 5.02 Å². The van der Waals surface area contributed by atoms with E-state index in [9.17, 15) is 18.0 Å². The number of amidine groups is 1. The zero-order valence-corrected chi connectivity index (χ0v) is 16.1. The van der Waals surface area contributed by atoms with Gasteiger partial charge >= 0.3 is 12.1 Å². The highest BCUT2D eigenvalue weighted by molar-refractivity contribution is 6.31. The standard InChI is InChI=1S/C18H18ClF3N4O3/c1-28-14-5-4-11(19)8-12(14)17(23)25-29-16(27)6-7-26-13(10-2-3-10)9-15(24-26)18(20,21)22/h4-5,8-10H,2-3,6-7H2,1H3,(H2,23,25). The van der Waals surface area contributed by atoms with Crippen molar-refractivity contribution < 1.29 is 27.5 Å². The van der Waals surface area contributed by atoms with Crippen LogP contribution < -0.4 is 10.5 Å². The van der Waals surface area contributed by atoms with Crippen LogP contribution in [0.3, 0.4) is 0 Å². The van der Waals surface area contributed by atoms with E-state index in [2.05, 4.69) is 10.3 Å². The highest BCUT2D eigenvalue weighted by atomic mass is 35.5. The van der Waals surface area contributed by atoms with Crippen LogP contribution in [-0.4, -0.2) is 28.7 Å². The SMILES string of the molecule is COc1ccc(Cl)cc1/C(N)=N/OC(=O)CCn1nc(C(F)(F)F)cc1C1CC1. The van der Waals surface area contributed by atoms with Crippen molar-refractivity contribution in [1.29, 1.82) is 0 Å². The zero-order chi connectivity index (χ0) is 21.2. The fourth-order valence-electron chi connectivity index (χ4n) is 2.73. The molecule has 3 rings (SSSR count). The highest BCUT2D eigenvalue weighted by Crippen LogP contribution is 2.42. The molecule has 1 aliphatic rings. The molecule has 0 spiro atoms. The van der Waals surface area contributed by atoms with Crippen LogP contribution in [-0.2, 0) is 22.4 Å². The average molecular weight is 431 g/mol. The lowest BCUT2D eigenvalue weighted by molar-refractivity contribution is -0.144. The summed E-state index contributed by atoms with van der Waals surface area (Å²) in [5.74, 6) is -0.467. The van der Waals surface area contributed by atoms with Crippen LogP contribution in [0.5, 0.6) is 5.75 Å². The number of alkyl halides is 3. The molecule has 0 aliphatic heterocycles. The molecule has 0 atom stereocenters. The van der Waals surface area contributed by atoms with Gasteiger partial charge in [0.25, 0.3) is 0 Å². The Bertz CT molecular complexity index is 939. The topological polar surface area (TPSA) is 91.7 Å². The number of carbonyl (C=O) groups is 1. The van der Waals surface area contributed by atoms with E-state index in [1.165, 1.54) is 17.9 Å². The van der Waals surface area contributed by atoms with Gasteiger partial charge in [0.15, 0.2) is 11.5 Å². The number of hydrogen-bond acceptors (Lipinski definition) is 5. The van der Waals surface area contributed by atoms with E-state index in [0.717, 1.165) is 18.9 Å². The molecule has 1 aromatic carbocycles. The molecule has 1 aliphatic carbocycles. The predicted molar refractivity (Wildman–Crippen MR) is 98.6 cm³/mol. The Morgan fingerprint density at radius 3 is 2.72 bits per heavy atom. The van der Waals surface area contributed by atoms with Crippen LogP contribution in [0.15, 0.2) is 29.4 Å². The number of carbonyl (C=O) groups excluding carboxylic acids is 1. The van der Waals surface area contributed by atoms with Gasteiger partial charge in [-0.3, -0.25) is 4.68 Å². The van der Waals surface area contributed by atoms with Crippen molar-refractivity contribution in [3.8, 4) is 5.75 Å². The second-order valence-corrected chi connectivity index (χ2v) is 6.92. The molecule has 1 heterocycles. The third kappa shape index (κ3) is 5.20. The predicted octanol–water partition coefficient (Wildman–Crippen LogP) is 3.70. The van der Waals surface area contributed by atoms with Crippen LogP contribution in [0.4, 0.5) is 13.2 Å². The molecule has 29 heavy (non-hydrogen) atoms. The van der Waals surface area contributed by atoms with Crippen molar-refractivity contribution in [2.24, 2.45) is 10.9 Å². The first-order chi connectivity index (χ1) is 13.7. The number of aryl methyl sites for hydroxylation is 1. The van der Waals surface area contributed by atoms with Gasteiger partial charge in [-0.1, -0.05) is 16.8 Å². The summed E-state index contributed by atoms with van der Waals surface area (Å²) in [7, 11) is 1.43. The number of oxime groups is 1. The van der Waals surface area contributed by atoms with Gasteiger partial charge in [-0.05, 0) is 37.1 Å². The molecule has 1 fully saturated rings. The molecule has 0 amide bonds. The Kier molecular flexibility index (Phi) is 6.02. The summed E-state index contributed by atoms with van der Waals surface area (Å²) >= 11 is 5.91. The van der Waals surface area contributed by atoms with Crippen molar-refractivity contribution in [2.75, 3.05) is 7.11 Å². The third-order valence-corrected chi connectivity index (χ3v) is 4.54. The second-order valence-electron chi connectivity index (χ2n) is 6.48. The van der Waals surface area contributed by atoms with Gasteiger partial charge in [0, 0.05) is 16.6 Å². The molecule has 11 heteroatoms. The first-order valence-corrected chi connectivity index (χ1v) is 9.09. The molecule has 0 bridgehead atoms. The highest BCUT2D eigenvalue weighted by Gasteiger charge is 2.37. The Balaban J connectivity index is 1.64. The molecule has 0 radical (unpaired) electrons. The molecule has 0 saturated heterocycles. The minimum Gasteiger partial charge on any atom is -0.496 e. The quantitative estimate of drug-likeness (QED) is 0.313. The average Bonchev–Trinajstić information content (AvgIpc) is 3.42. The number of rotatable bonds is 7. The fourth-order valence-corrected chi connectivity index (χ4v) is 2.90. The summed E-state index contributed by atoms with van der Waals surface area (Å²) in [6.45, 7) is -0.0589. The zero-order valence-electron chi connectivity index (χ0n) is 15.4. The summed E-state index contributed by atoms with van der Waals surface area (Å²) in [5.41, 5.74) is 5.65. The van der Waals surface area contributed by atoms with E-state index >= 15 is 0 Å². The van der Waals surface area contributed by atoms with Crippen LogP contribution in [0.1, 0.15) is 42.1 Å². The van der Waals surface area contributed by atoms with Gasteiger partial charge in [0.1, 0.15) is 5.75 Å². The Morgan fingerprint density at radius 1 is 1.38 bits per heavy atom. The first kappa shape index (κ1) is 21.0. The fraction of sp³-hybridized carbons (Fsp3) is 0.389. The number of benzene rings is 1. The summed E-state index contributed by atoms with van der Waals surface area (Å²) < 4.78 is 45.1. The Morgan fingerprint density at radius 2 is 2.10 bits per heavy atom. The number of ether oxygens (including phenoxy) is 1. The summed E-state index contributed by atoms with van der Waals surface area (Å²) in [5, 5.41) is 7.54. The maximum absolute atomic E-state index is 12.9. The minimum atomic E-state index is -4.54. The van der Waals surface area contributed by atoms with Gasteiger partial charge in [0.05, 0.1) is 25.6 Å². The monoisotopic (exact) mass is 430 g/mol. The molecular weight excluding hydrogens is 413 g/mol. The van der Waals surface area contributed by atoms with Crippen molar-refractivity contribution in [3.63, 3.8) is 0 Å². The van der Waals surface area contributed by atoms with Crippen LogP contribution in [0.25, 0.3) is 0 Å². The summed E-state index contributed by atoms with van der Waals surface area (Å²) in [6.07, 6.45) is -3.15. The Labute approximate surface area is 169 Å². The van der Waals surface area contributed by atoms with E-state index in [4.69, 9.17) is 26.9 Å². The van der Waals surface area contributed by atoms with Crippen molar-refractivity contribution >= 4 is 23.4 Å². The molecule has 1 saturated carbocycles. The number of nitrogens with zero attached hydrogens (tertiary/aromatic N) is 3. The maximum Gasteiger partial charge on any atom is 0.435 e. The Hall–Kier alpha value is -2.75. The lowest BCUT2D eigenvalue weighted by Gasteiger charge is -2.08. The number of halogens is 4. The van der Waals surface area contributed by atoms with Crippen LogP contribution in [0, 0.1) is 0 Å². The smallest absolute Gasteiger partial charge is 0.435 e. The number of aromatic nitrogens is 2. The first-order valence-electron chi connectivity index (χ1n) is 8.71. The molecule has 7 nitrogen and oxygen atoms in total. The molecule has 2 N–H and O–H groups in total. The lowest BCUT2D eigenvalue weighted by Crippen LogP contribution is -2.17. The van der Waals surface area contributed by atoms with E-state index < -0.39 is 17.8 Å². The molecule has 1 aromatic heterocycles. The van der Waals surface area contributed by atoms with Gasteiger partial charge in [-0.25, -0.2) is 4.79 Å².